The zero-order valence-corrected chi connectivity index (χ0v) is 13.2. The molecule has 7 nitrogen and oxygen atoms in total. The van der Waals surface area contributed by atoms with Crippen LogP contribution in [0.2, 0.25) is 0 Å². The molecular formula is C14H19F3N6O. The third-order valence-electron chi connectivity index (χ3n) is 4.12. The molecule has 0 radical (unpaired) electrons. The fourth-order valence-corrected chi connectivity index (χ4v) is 2.55. The SMILES string of the molecule is CC(O)(CNc1cnn(Cc2nnc3n2CCCC3)c1)C(F)(F)F. The highest BCUT2D eigenvalue weighted by molar-refractivity contribution is 5.38. The molecule has 2 aromatic rings. The second kappa shape index (κ2) is 6.08. The van der Waals surface area contributed by atoms with Gasteiger partial charge in [-0.25, -0.2) is 0 Å². The zero-order chi connectivity index (χ0) is 17.4. The van der Waals surface area contributed by atoms with Gasteiger partial charge in [-0.1, -0.05) is 0 Å². The van der Waals surface area contributed by atoms with Crippen LogP contribution in [-0.4, -0.2) is 48.0 Å². The van der Waals surface area contributed by atoms with Crippen molar-refractivity contribution in [3.05, 3.63) is 24.0 Å². The van der Waals surface area contributed by atoms with E-state index in [4.69, 9.17) is 0 Å². The smallest absolute Gasteiger partial charge is 0.379 e. The maximum absolute atomic E-state index is 12.6. The standard InChI is InChI=1S/C14H19F3N6O/c1-13(24,14(15,16)17)9-18-10-6-19-22(7-10)8-12-21-20-11-4-2-3-5-23(11)12/h6-7,18,24H,2-5,8-9H2,1H3. The topological polar surface area (TPSA) is 80.8 Å². The van der Waals surface area contributed by atoms with Crippen LogP contribution in [0.15, 0.2) is 12.4 Å². The van der Waals surface area contributed by atoms with Crippen LogP contribution in [0, 0.1) is 0 Å². The van der Waals surface area contributed by atoms with Crippen molar-refractivity contribution in [1.29, 1.82) is 0 Å². The molecule has 0 saturated heterocycles. The molecule has 1 atom stereocenters. The van der Waals surface area contributed by atoms with Crippen LogP contribution in [0.3, 0.4) is 0 Å². The van der Waals surface area contributed by atoms with E-state index >= 15 is 0 Å². The molecule has 0 bridgehead atoms. The number of hydrogen-bond acceptors (Lipinski definition) is 5. The van der Waals surface area contributed by atoms with Gasteiger partial charge in [-0.3, -0.25) is 4.68 Å². The fraction of sp³-hybridized carbons (Fsp3) is 0.643. The molecule has 132 valence electrons. The summed E-state index contributed by atoms with van der Waals surface area (Å²) in [6.07, 6.45) is 1.39. The summed E-state index contributed by atoms with van der Waals surface area (Å²) in [5.41, 5.74) is -2.40. The average molecular weight is 344 g/mol. The van der Waals surface area contributed by atoms with E-state index in [0.717, 1.165) is 44.4 Å². The average Bonchev–Trinajstić information content (AvgIpc) is 3.12. The molecule has 1 aliphatic heterocycles. The van der Waals surface area contributed by atoms with Gasteiger partial charge in [0.1, 0.15) is 12.4 Å². The Balaban J connectivity index is 1.63. The molecule has 2 N–H and O–H groups in total. The Bertz CT molecular complexity index is 706. The number of nitrogens with zero attached hydrogens (tertiary/aromatic N) is 5. The number of nitrogens with one attached hydrogen (secondary N) is 1. The second-order valence-electron chi connectivity index (χ2n) is 6.19. The summed E-state index contributed by atoms with van der Waals surface area (Å²) in [7, 11) is 0. The van der Waals surface area contributed by atoms with Gasteiger partial charge in [-0.2, -0.15) is 18.3 Å². The van der Waals surface area contributed by atoms with Crippen molar-refractivity contribution in [3.8, 4) is 0 Å². The summed E-state index contributed by atoms with van der Waals surface area (Å²) in [5.74, 6) is 1.74. The summed E-state index contributed by atoms with van der Waals surface area (Å²) < 4.78 is 41.5. The first-order valence-corrected chi connectivity index (χ1v) is 7.73. The van der Waals surface area contributed by atoms with Crippen molar-refractivity contribution in [2.75, 3.05) is 11.9 Å². The molecule has 0 amide bonds. The molecule has 3 heterocycles. The van der Waals surface area contributed by atoms with Crippen LogP contribution in [0.1, 0.15) is 31.4 Å². The maximum atomic E-state index is 12.6. The lowest BCUT2D eigenvalue weighted by Gasteiger charge is -2.26. The van der Waals surface area contributed by atoms with Gasteiger partial charge >= 0.3 is 6.18 Å². The number of aryl methyl sites for hydroxylation is 1. The summed E-state index contributed by atoms with van der Waals surface area (Å²) in [6, 6.07) is 0. The first-order valence-electron chi connectivity index (χ1n) is 7.73. The Morgan fingerprint density at radius 3 is 2.83 bits per heavy atom. The number of aliphatic hydroxyl groups is 1. The molecule has 1 unspecified atom stereocenters. The quantitative estimate of drug-likeness (QED) is 0.861. The van der Waals surface area contributed by atoms with Gasteiger partial charge in [0.15, 0.2) is 11.4 Å². The van der Waals surface area contributed by atoms with Gasteiger partial charge < -0.3 is 15.0 Å². The summed E-state index contributed by atoms with van der Waals surface area (Å²) in [4.78, 5) is 0. The highest BCUT2D eigenvalue weighted by Gasteiger charge is 2.49. The minimum atomic E-state index is -4.70. The lowest BCUT2D eigenvalue weighted by molar-refractivity contribution is -0.246. The Morgan fingerprint density at radius 2 is 2.08 bits per heavy atom. The van der Waals surface area contributed by atoms with Gasteiger partial charge in [0, 0.05) is 19.2 Å². The van der Waals surface area contributed by atoms with Gasteiger partial charge in [-0.15, -0.1) is 10.2 Å². The highest BCUT2D eigenvalue weighted by atomic mass is 19.4. The number of rotatable bonds is 5. The second-order valence-corrected chi connectivity index (χ2v) is 6.19. The predicted molar refractivity (Wildman–Crippen MR) is 79.5 cm³/mol. The van der Waals surface area contributed by atoms with Crippen molar-refractivity contribution in [3.63, 3.8) is 0 Å². The third kappa shape index (κ3) is 3.37. The van der Waals surface area contributed by atoms with Crippen molar-refractivity contribution < 1.29 is 18.3 Å². The molecule has 10 heteroatoms. The number of fused-ring (bicyclic) bond motifs is 1. The van der Waals surface area contributed by atoms with Crippen LogP contribution in [0.4, 0.5) is 18.9 Å². The van der Waals surface area contributed by atoms with Gasteiger partial charge in [-0.05, 0) is 19.8 Å². The first-order chi connectivity index (χ1) is 11.3. The fourth-order valence-electron chi connectivity index (χ4n) is 2.55. The van der Waals surface area contributed by atoms with Crippen LogP contribution in [0.25, 0.3) is 0 Å². The van der Waals surface area contributed by atoms with E-state index in [2.05, 4.69) is 25.2 Å². The normalized spacial score (nSPS) is 17.4. The zero-order valence-electron chi connectivity index (χ0n) is 13.2. The lowest BCUT2D eigenvalue weighted by atomic mass is 10.1. The molecule has 0 spiro atoms. The maximum Gasteiger partial charge on any atom is 0.418 e. The Morgan fingerprint density at radius 1 is 1.29 bits per heavy atom. The molecule has 0 saturated carbocycles. The van der Waals surface area contributed by atoms with Crippen molar-refractivity contribution in [2.45, 2.75) is 51.1 Å². The Labute approximate surface area is 136 Å². The van der Waals surface area contributed by atoms with Gasteiger partial charge in [0.05, 0.1) is 18.4 Å². The Kier molecular flexibility index (Phi) is 4.24. The number of anilines is 1. The number of aromatic nitrogens is 5. The van der Waals surface area contributed by atoms with Crippen molar-refractivity contribution >= 4 is 5.69 Å². The first kappa shape index (κ1) is 16.7. The number of alkyl halides is 3. The number of halogens is 3. The van der Waals surface area contributed by atoms with Crippen LogP contribution in [-0.2, 0) is 19.5 Å². The van der Waals surface area contributed by atoms with Gasteiger partial charge in [0.25, 0.3) is 0 Å². The van der Waals surface area contributed by atoms with Crippen molar-refractivity contribution in [2.24, 2.45) is 0 Å². The van der Waals surface area contributed by atoms with E-state index < -0.39 is 18.3 Å². The third-order valence-corrected chi connectivity index (χ3v) is 4.12. The molecule has 0 aromatic carbocycles. The minimum absolute atomic E-state index is 0.393. The van der Waals surface area contributed by atoms with E-state index in [0.29, 0.717) is 12.2 Å². The molecule has 3 rings (SSSR count). The van der Waals surface area contributed by atoms with E-state index in [9.17, 15) is 18.3 Å². The molecular weight excluding hydrogens is 325 g/mol. The molecule has 0 fully saturated rings. The summed E-state index contributed by atoms with van der Waals surface area (Å²) in [5, 5.41) is 24.4. The molecule has 0 aliphatic carbocycles. The van der Waals surface area contributed by atoms with Crippen molar-refractivity contribution in [1.82, 2.24) is 24.5 Å². The molecule has 2 aromatic heterocycles. The van der Waals surface area contributed by atoms with Crippen LogP contribution < -0.4 is 5.32 Å². The van der Waals surface area contributed by atoms with E-state index in [-0.39, 0.29) is 0 Å². The molecule has 24 heavy (non-hydrogen) atoms. The van der Waals surface area contributed by atoms with E-state index in [1.54, 1.807) is 10.9 Å². The Hall–Kier alpha value is -2.10. The monoisotopic (exact) mass is 344 g/mol. The van der Waals surface area contributed by atoms with Crippen LogP contribution >= 0.6 is 0 Å². The van der Waals surface area contributed by atoms with E-state index in [1.165, 1.54) is 6.20 Å². The lowest BCUT2D eigenvalue weighted by Crippen LogP contribution is -2.47. The number of hydrogen-bond donors (Lipinski definition) is 2. The summed E-state index contributed by atoms with van der Waals surface area (Å²) in [6.45, 7) is 1.35. The van der Waals surface area contributed by atoms with Crippen LogP contribution in [0.5, 0.6) is 0 Å². The van der Waals surface area contributed by atoms with E-state index in [1.807, 2.05) is 0 Å². The largest absolute Gasteiger partial charge is 0.418 e. The molecule has 1 aliphatic rings. The predicted octanol–water partition coefficient (Wildman–Crippen LogP) is 1.58. The summed E-state index contributed by atoms with van der Waals surface area (Å²) >= 11 is 0. The van der Waals surface area contributed by atoms with Gasteiger partial charge in [0.2, 0.25) is 0 Å². The highest BCUT2D eigenvalue weighted by Crippen LogP contribution is 2.30. The minimum Gasteiger partial charge on any atom is -0.379 e.